The molecule has 0 fully saturated rings. The average molecular weight is 394 g/mol. The van der Waals surface area contributed by atoms with E-state index in [4.69, 9.17) is 4.74 Å². The molecule has 0 saturated carbocycles. The topological polar surface area (TPSA) is 105 Å². The normalized spacial score (nSPS) is 18.0. The molecule has 2 aromatic carbocycles. The van der Waals surface area contributed by atoms with Crippen molar-refractivity contribution in [2.45, 2.75) is 12.8 Å². The molecule has 29 heavy (non-hydrogen) atoms. The van der Waals surface area contributed by atoms with E-state index < -0.39 is 17.8 Å². The van der Waals surface area contributed by atoms with Gasteiger partial charge >= 0.3 is 5.97 Å². The first kappa shape index (κ1) is 20.1. The van der Waals surface area contributed by atoms with Crippen LogP contribution in [-0.4, -0.2) is 30.0 Å². The van der Waals surface area contributed by atoms with Crippen LogP contribution in [0.4, 0.5) is 11.4 Å². The molecule has 0 saturated heterocycles. The Labute approximate surface area is 168 Å². The van der Waals surface area contributed by atoms with Gasteiger partial charge in [-0.2, -0.15) is 0 Å². The first-order valence-electron chi connectivity index (χ1n) is 9.22. The third-order valence-corrected chi connectivity index (χ3v) is 4.84. The van der Waals surface area contributed by atoms with Gasteiger partial charge in [0, 0.05) is 17.3 Å². The van der Waals surface area contributed by atoms with Crippen LogP contribution in [0.5, 0.6) is 5.75 Å². The maximum Gasteiger partial charge on any atom is 0.307 e. The van der Waals surface area contributed by atoms with Crippen molar-refractivity contribution in [2.75, 3.05) is 17.7 Å². The van der Waals surface area contributed by atoms with E-state index in [2.05, 4.69) is 10.6 Å². The first-order chi connectivity index (χ1) is 14.0. The van der Waals surface area contributed by atoms with E-state index in [0.29, 0.717) is 35.5 Å². The van der Waals surface area contributed by atoms with Crippen LogP contribution in [-0.2, 0) is 9.59 Å². The smallest absolute Gasteiger partial charge is 0.307 e. The summed E-state index contributed by atoms with van der Waals surface area (Å²) in [6, 6.07) is 13.6. The van der Waals surface area contributed by atoms with Gasteiger partial charge in [-0.3, -0.25) is 14.4 Å². The Kier molecular flexibility index (Phi) is 6.29. The van der Waals surface area contributed by atoms with Crippen molar-refractivity contribution in [3.63, 3.8) is 0 Å². The molecule has 2 atom stereocenters. The van der Waals surface area contributed by atoms with Crippen LogP contribution in [0.2, 0.25) is 0 Å². The number of rotatable bonds is 6. The molecule has 0 aliphatic heterocycles. The first-order valence-corrected chi connectivity index (χ1v) is 9.22. The highest BCUT2D eigenvalue weighted by Crippen LogP contribution is 2.31. The fourth-order valence-corrected chi connectivity index (χ4v) is 3.27. The van der Waals surface area contributed by atoms with Gasteiger partial charge in [0.25, 0.3) is 5.91 Å². The third-order valence-electron chi connectivity index (χ3n) is 4.84. The number of benzene rings is 2. The molecule has 7 nitrogen and oxygen atoms in total. The minimum atomic E-state index is -0.981. The van der Waals surface area contributed by atoms with Crippen LogP contribution in [0.25, 0.3) is 0 Å². The number of ether oxygens (including phenoxy) is 1. The van der Waals surface area contributed by atoms with E-state index in [1.807, 2.05) is 12.1 Å². The predicted molar refractivity (Wildman–Crippen MR) is 109 cm³/mol. The molecule has 2 aromatic rings. The second-order valence-corrected chi connectivity index (χ2v) is 6.72. The Morgan fingerprint density at radius 1 is 0.966 bits per heavy atom. The molecule has 0 aromatic heterocycles. The SMILES string of the molecule is COc1cc(NC(=O)[C@@H]2CC=CC[C@@H]2C(=O)O)ccc1NC(=O)c1ccccc1. The quantitative estimate of drug-likeness (QED) is 0.650. The maximum absolute atomic E-state index is 12.6. The molecule has 0 bridgehead atoms. The van der Waals surface area contributed by atoms with Gasteiger partial charge in [0.1, 0.15) is 5.75 Å². The van der Waals surface area contributed by atoms with Crippen molar-refractivity contribution in [1.29, 1.82) is 0 Å². The van der Waals surface area contributed by atoms with Crippen LogP contribution in [0.3, 0.4) is 0 Å². The minimum Gasteiger partial charge on any atom is -0.494 e. The summed E-state index contributed by atoms with van der Waals surface area (Å²) in [5, 5.41) is 14.9. The summed E-state index contributed by atoms with van der Waals surface area (Å²) >= 11 is 0. The molecule has 0 unspecified atom stereocenters. The fourth-order valence-electron chi connectivity index (χ4n) is 3.27. The van der Waals surface area contributed by atoms with Gasteiger partial charge in [-0.25, -0.2) is 0 Å². The lowest BCUT2D eigenvalue weighted by atomic mass is 9.82. The average Bonchev–Trinajstić information content (AvgIpc) is 2.75. The number of carbonyl (C=O) groups is 3. The molecule has 150 valence electrons. The van der Waals surface area contributed by atoms with Crippen LogP contribution < -0.4 is 15.4 Å². The second kappa shape index (κ2) is 9.05. The molecule has 0 heterocycles. The van der Waals surface area contributed by atoms with Crippen molar-refractivity contribution in [3.8, 4) is 5.75 Å². The Balaban J connectivity index is 1.73. The largest absolute Gasteiger partial charge is 0.494 e. The number of hydrogen-bond acceptors (Lipinski definition) is 4. The summed E-state index contributed by atoms with van der Waals surface area (Å²) in [5.41, 5.74) is 1.43. The molecule has 1 aliphatic carbocycles. The van der Waals surface area contributed by atoms with E-state index >= 15 is 0 Å². The number of aliphatic carboxylic acids is 1. The van der Waals surface area contributed by atoms with Crippen molar-refractivity contribution in [1.82, 2.24) is 0 Å². The zero-order chi connectivity index (χ0) is 20.8. The summed E-state index contributed by atoms with van der Waals surface area (Å²) in [4.78, 5) is 36.4. The molecule has 1 aliphatic rings. The zero-order valence-electron chi connectivity index (χ0n) is 15.9. The highest BCUT2D eigenvalue weighted by molar-refractivity contribution is 6.05. The number of carboxylic acid groups (broad SMARTS) is 1. The van der Waals surface area contributed by atoms with Crippen molar-refractivity contribution in [3.05, 3.63) is 66.2 Å². The van der Waals surface area contributed by atoms with Gasteiger partial charge in [-0.15, -0.1) is 0 Å². The molecule has 3 N–H and O–H groups in total. The summed E-state index contributed by atoms with van der Waals surface area (Å²) in [5.74, 6) is -2.62. The van der Waals surface area contributed by atoms with E-state index in [0.717, 1.165) is 0 Å². The van der Waals surface area contributed by atoms with Gasteiger partial charge in [0.2, 0.25) is 5.91 Å². The van der Waals surface area contributed by atoms with Crippen molar-refractivity contribution >= 4 is 29.2 Å². The van der Waals surface area contributed by atoms with Crippen LogP contribution in [0.1, 0.15) is 23.2 Å². The molecular formula is C22H22N2O5. The zero-order valence-corrected chi connectivity index (χ0v) is 15.9. The minimum absolute atomic E-state index is 0.279. The molecule has 3 rings (SSSR count). The molecular weight excluding hydrogens is 372 g/mol. The monoisotopic (exact) mass is 394 g/mol. The summed E-state index contributed by atoms with van der Waals surface area (Å²) in [7, 11) is 1.46. The molecule has 2 amide bonds. The van der Waals surface area contributed by atoms with E-state index in [1.54, 1.807) is 48.5 Å². The van der Waals surface area contributed by atoms with Gasteiger partial charge in [-0.1, -0.05) is 30.4 Å². The number of methoxy groups -OCH3 is 1. The maximum atomic E-state index is 12.6. The number of allylic oxidation sites excluding steroid dienone is 2. The lowest BCUT2D eigenvalue weighted by molar-refractivity contribution is -0.146. The number of anilines is 2. The second-order valence-electron chi connectivity index (χ2n) is 6.72. The van der Waals surface area contributed by atoms with E-state index in [1.165, 1.54) is 7.11 Å². The lowest BCUT2D eigenvalue weighted by Crippen LogP contribution is -2.34. The summed E-state index contributed by atoms with van der Waals surface area (Å²) in [6.45, 7) is 0. The number of carboxylic acids is 1. The van der Waals surface area contributed by atoms with E-state index in [-0.39, 0.29) is 11.8 Å². The lowest BCUT2D eigenvalue weighted by Gasteiger charge is -2.24. The third kappa shape index (κ3) is 4.82. The van der Waals surface area contributed by atoms with Gasteiger partial charge in [0.05, 0.1) is 24.6 Å². The number of carbonyl (C=O) groups excluding carboxylic acids is 2. The van der Waals surface area contributed by atoms with Gasteiger partial charge in [0.15, 0.2) is 0 Å². The number of nitrogens with one attached hydrogen (secondary N) is 2. The molecule has 0 radical (unpaired) electrons. The standard InChI is InChI=1S/C22H22N2O5/c1-29-19-13-15(23-21(26)16-9-5-6-10-17(16)22(27)28)11-12-18(19)24-20(25)14-7-3-2-4-8-14/h2-8,11-13,16-17H,9-10H2,1H3,(H,23,26)(H,24,25)(H,27,28)/t16-,17+/m1/s1. The fraction of sp³-hybridized carbons (Fsp3) is 0.227. The predicted octanol–water partition coefficient (Wildman–Crippen LogP) is 3.55. The van der Waals surface area contributed by atoms with Gasteiger partial charge < -0.3 is 20.5 Å². The van der Waals surface area contributed by atoms with Crippen molar-refractivity contribution in [2.24, 2.45) is 11.8 Å². The Morgan fingerprint density at radius 2 is 1.66 bits per heavy atom. The Morgan fingerprint density at radius 3 is 2.31 bits per heavy atom. The number of hydrogen-bond donors (Lipinski definition) is 3. The Bertz CT molecular complexity index is 939. The van der Waals surface area contributed by atoms with Crippen LogP contribution >= 0.6 is 0 Å². The molecule has 0 spiro atoms. The summed E-state index contributed by atoms with van der Waals surface area (Å²) < 4.78 is 5.34. The van der Waals surface area contributed by atoms with Crippen LogP contribution in [0.15, 0.2) is 60.7 Å². The summed E-state index contributed by atoms with van der Waals surface area (Å²) in [6.07, 6.45) is 4.33. The van der Waals surface area contributed by atoms with Gasteiger partial charge in [-0.05, 0) is 37.1 Å². The Hall–Kier alpha value is -3.61. The van der Waals surface area contributed by atoms with Crippen LogP contribution in [0, 0.1) is 11.8 Å². The van der Waals surface area contributed by atoms with E-state index in [9.17, 15) is 19.5 Å². The number of amides is 2. The molecule has 7 heteroatoms. The highest BCUT2D eigenvalue weighted by Gasteiger charge is 2.34. The highest BCUT2D eigenvalue weighted by atomic mass is 16.5. The van der Waals surface area contributed by atoms with Crippen molar-refractivity contribution < 1.29 is 24.2 Å².